The van der Waals surface area contributed by atoms with Gasteiger partial charge in [-0.3, -0.25) is 4.79 Å². The number of halogens is 1. The van der Waals surface area contributed by atoms with E-state index in [2.05, 4.69) is 10.3 Å². The first kappa shape index (κ1) is 16.3. The van der Waals surface area contributed by atoms with Gasteiger partial charge in [0.05, 0.1) is 12.1 Å². The predicted molar refractivity (Wildman–Crippen MR) is 95.8 cm³/mol. The van der Waals surface area contributed by atoms with Crippen LogP contribution in [0.4, 0.5) is 9.52 Å². The number of rotatable bonds is 4. The molecule has 24 heavy (non-hydrogen) atoms. The van der Waals surface area contributed by atoms with E-state index in [1.165, 1.54) is 23.5 Å². The van der Waals surface area contributed by atoms with Crippen LogP contribution in [0.25, 0.3) is 11.3 Å². The number of aromatic nitrogens is 1. The molecule has 0 saturated carbocycles. The molecular weight excluding hydrogens is 323 g/mol. The first-order valence-electron chi connectivity index (χ1n) is 7.60. The second-order valence-electron chi connectivity index (χ2n) is 5.58. The lowest BCUT2D eigenvalue weighted by Crippen LogP contribution is -2.14. The summed E-state index contributed by atoms with van der Waals surface area (Å²) in [4.78, 5) is 17.7. The van der Waals surface area contributed by atoms with E-state index in [-0.39, 0.29) is 11.7 Å². The minimum Gasteiger partial charge on any atom is -0.302 e. The van der Waals surface area contributed by atoms with Crippen molar-refractivity contribution in [1.82, 2.24) is 4.98 Å². The molecule has 1 amide bonds. The molecule has 1 aromatic heterocycles. The fraction of sp³-hybridized carbons (Fsp3) is 0.158. The summed E-state index contributed by atoms with van der Waals surface area (Å²) in [5.41, 5.74) is 3.70. The highest BCUT2D eigenvalue weighted by Crippen LogP contribution is 2.30. The van der Waals surface area contributed by atoms with Gasteiger partial charge in [-0.1, -0.05) is 24.3 Å². The SMILES string of the molecule is Cc1ccccc1CC(=O)Nc1nc(-c2ccc(F)cc2)c(C)s1. The van der Waals surface area contributed by atoms with Crippen molar-refractivity contribution in [3.8, 4) is 11.3 Å². The number of carbonyl (C=O) groups excluding carboxylic acids is 1. The van der Waals surface area contributed by atoms with E-state index in [1.54, 1.807) is 12.1 Å². The van der Waals surface area contributed by atoms with Crippen LogP contribution in [0.5, 0.6) is 0 Å². The summed E-state index contributed by atoms with van der Waals surface area (Å²) in [6, 6.07) is 14.0. The Kier molecular flexibility index (Phi) is 4.71. The highest BCUT2D eigenvalue weighted by molar-refractivity contribution is 7.16. The summed E-state index contributed by atoms with van der Waals surface area (Å²) in [6.07, 6.45) is 0.317. The molecule has 0 aliphatic heterocycles. The van der Waals surface area contributed by atoms with E-state index in [4.69, 9.17) is 0 Å². The minimum atomic E-state index is -0.279. The Morgan fingerprint density at radius 2 is 1.83 bits per heavy atom. The van der Waals surface area contributed by atoms with Crippen molar-refractivity contribution < 1.29 is 9.18 Å². The van der Waals surface area contributed by atoms with Crippen LogP contribution in [-0.2, 0) is 11.2 Å². The maximum atomic E-state index is 13.0. The van der Waals surface area contributed by atoms with E-state index in [1.807, 2.05) is 38.1 Å². The van der Waals surface area contributed by atoms with Gasteiger partial charge in [0.1, 0.15) is 5.82 Å². The van der Waals surface area contributed by atoms with Crippen molar-refractivity contribution in [1.29, 1.82) is 0 Å². The molecule has 0 aliphatic rings. The molecule has 3 aromatic rings. The van der Waals surface area contributed by atoms with Crippen LogP contribution in [0.3, 0.4) is 0 Å². The van der Waals surface area contributed by atoms with E-state index in [0.29, 0.717) is 11.6 Å². The van der Waals surface area contributed by atoms with Crippen LogP contribution >= 0.6 is 11.3 Å². The topological polar surface area (TPSA) is 42.0 Å². The zero-order valence-corrected chi connectivity index (χ0v) is 14.3. The van der Waals surface area contributed by atoms with Crippen LogP contribution in [0.2, 0.25) is 0 Å². The van der Waals surface area contributed by atoms with E-state index in [0.717, 1.165) is 27.3 Å². The Labute approximate surface area is 144 Å². The molecule has 0 saturated heterocycles. The molecule has 2 aromatic carbocycles. The maximum absolute atomic E-state index is 13.0. The lowest BCUT2D eigenvalue weighted by Gasteiger charge is -2.05. The summed E-state index contributed by atoms with van der Waals surface area (Å²) < 4.78 is 13.0. The number of nitrogens with zero attached hydrogens (tertiary/aromatic N) is 1. The smallest absolute Gasteiger partial charge is 0.230 e. The molecule has 0 fully saturated rings. The van der Waals surface area contributed by atoms with Gasteiger partial charge >= 0.3 is 0 Å². The highest BCUT2D eigenvalue weighted by Gasteiger charge is 2.13. The molecule has 0 radical (unpaired) electrons. The number of thiazole rings is 1. The number of benzene rings is 2. The zero-order valence-electron chi connectivity index (χ0n) is 13.5. The molecule has 122 valence electrons. The van der Waals surface area contributed by atoms with Gasteiger partial charge in [-0.05, 0) is 49.2 Å². The molecule has 3 rings (SSSR count). The fourth-order valence-electron chi connectivity index (χ4n) is 2.47. The molecule has 0 unspecified atom stereocenters. The third-order valence-corrected chi connectivity index (χ3v) is 4.66. The van der Waals surface area contributed by atoms with Gasteiger partial charge in [-0.25, -0.2) is 9.37 Å². The average molecular weight is 340 g/mol. The summed E-state index contributed by atoms with van der Waals surface area (Å²) in [6.45, 7) is 3.93. The number of carbonyl (C=O) groups is 1. The van der Waals surface area contributed by atoms with Gasteiger partial charge in [-0.2, -0.15) is 0 Å². The molecule has 3 nitrogen and oxygen atoms in total. The Morgan fingerprint density at radius 1 is 1.12 bits per heavy atom. The van der Waals surface area contributed by atoms with Crippen molar-refractivity contribution in [3.05, 3.63) is 70.4 Å². The molecule has 1 N–H and O–H groups in total. The van der Waals surface area contributed by atoms with Crippen LogP contribution in [0.1, 0.15) is 16.0 Å². The maximum Gasteiger partial charge on any atom is 0.230 e. The van der Waals surface area contributed by atoms with Crippen molar-refractivity contribution in [3.63, 3.8) is 0 Å². The summed E-state index contributed by atoms with van der Waals surface area (Å²) in [5, 5.41) is 3.41. The number of amides is 1. The van der Waals surface area contributed by atoms with Crippen LogP contribution in [-0.4, -0.2) is 10.9 Å². The first-order chi connectivity index (χ1) is 11.5. The normalized spacial score (nSPS) is 10.6. The zero-order chi connectivity index (χ0) is 17.1. The number of hydrogen-bond donors (Lipinski definition) is 1. The largest absolute Gasteiger partial charge is 0.302 e. The quantitative estimate of drug-likeness (QED) is 0.745. The number of hydrogen-bond acceptors (Lipinski definition) is 3. The first-order valence-corrected chi connectivity index (χ1v) is 8.42. The second kappa shape index (κ2) is 6.93. The van der Waals surface area contributed by atoms with Crippen LogP contribution in [0, 0.1) is 19.7 Å². The average Bonchev–Trinajstić information content (AvgIpc) is 2.90. The van der Waals surface area contributed by atoms with E-state index >= 15 is 0 Å². The Morgan fingerprint density at radius 3 is 2.54 bits per heavy atom. The van der Waals surface area contributed by atoms with Gasteiger partial charge in [0, 0.05) is 10.4 Å². The molecule has 5 heteroatoms. The fourth-order valence-corrected chi connectivity index (χ4v) is 3.32. The van der Waals surface area contributed by atoms with Gasteiger partial charge < -0.3 is 5.32 Å². The van der Waals surface area contributed by atoms with Crippen molar-refractivity contribution >= 4 is 22.4 Å². The highest BCUT2D eigenvalue weighted by atomic mass is 32.1. The molecular formula is C19H17FN2OS. The summed E-state index contributed by atoms with van der Waals surface area (Å²) in [7, 11) is 0. The van der Waals surface area contributed by atoms with Gasteiger partial charge in [0.25, 0.3) is 0 Å². The second-order valence-corrected chi connectivity index (χ2v) is 6.79. The van der Waals surface area contributed by atoms with Gasteiger partial charge in [0.15, 0.2) is 5.13 Å². The molecule has 0 aliphatic carbocycles. The van der Waals surface area contributed by atoms with Crippen LogP contribution < -0.4 is 5.32 Å². The monoisotopic (exact) mass is 340 g/mol. The molecule has 1 heterocycles. The van der Waals surface area contributed by atoms with Crippen LogP contribution in [0.15, 0.2) is 48.5 Å². The third kappa shape index (κ3) is 3.68. The lowest BCUT2D eigenvalue weighted by molar-refractivity contribution is -0.115. The predicted octanol–water partition coefficient (Wildman–Crippen LogP) is 4.75. The number of anilines is 1. The molecule has 0 atom stereocenters. The Balaban J connectivity index is 1.74. The van der Waals surface area contributed by atoms with Gasteiger partial charge in [-0.15, -0.1) is 11.3 Å². The third-order valence-electron chi connectivity index (χ3n) is 3.77. The molecule has 0 bridgehead atoms. The van der Waals surface area contributed by atoms with Crippen molar-refractivity contribution in [2.24, 2.45) is 0 Å². The van der Waals surface area contributed by atoms with Crippen molar-refractivity contribution in [2.45, 2.75) is 20.3 Å². The minimum absolute atomic E-state index is 0.0938. The Hall–Kier alpha value is -2.53. The standard InChI is InChI=1S/C19H17FN2OS/c1-12-5-3-4-6-15(12)11-17(23)21-19-22-18(13(2)24-19)14-7-9-16(20)10-8-14/h3-10H,11H2,1-2H3,(H,21,22,23). The van der Waals surface area contributed by atoms with E-state index in [9.17, 15) is 9.18 Å². The number of aryl methyl sites for hydroxylation is 2. The summed E-state index contributed by atoms with van der Waals surface area (Å²) >= 11 is 1.42. The lowest BCUT2D eigenvalue weighted by atomic mass is 10.1. The number of nitrogens with one attached hydrogen (secondary N) is 1. The summed E-state index contributed by atoms with van der Waals surface area (Å²) in [5.74, 6) is -0.373. The van der Waals surface area contributed by atoms with Crippen molar-refractivity contribution in [2.75, 3.05) is 5.32 Å². The van der Waals surface area contributed by atoms with Gasteiger partial charge in [0.2, 0.25) is 5.91 Å². The van der Waals surface area contributed by atoms with E-state index < -0.39 is 0 Å². The molecule has 0 spiro atoms. The Bertz CT molecular complexity index is 871.